The maximum Gasteiger partial charge on any atom is 0.178 e. The molecule has 0 amide bonds. The largest absolute Gasteiger partial charge is 0.224 e. The van der Waals surface area contributed by atoms with E-state index in [1.807, 2.05) is 25.3 Å². The summed E-state index contributed by atoms with van der Waals surface area (Å²) in [5.74, 6) is 0.252. The van der Waals surface area contributed by atoms with Gasteiger partial charge >= 0.3 is 0 Å². The predicted molar refractivity (Wildman–Crippen MR) is 65.2 cm³/mol. The standard InChI is InChI=1S/C11H16O2S2/c1-3-4-9-15(12,13)11-7-5-10(14-2)6-8-11/h5-8H,3-4,9H2,1-2H3. The van der Waals surface area contributed by atoms with Crippen molar-refractivity contribution < 1.29 is 8.42 Å². The summed E-state index contributed by atoms with van der Waals surface area (Å²) < 4.78 is 23.6. The van der Waals surface area contributed by atoms with Crippen molar-refractivity contribution in [3.63, 3.8) is 0 Å². The fraction of sp³-hybridized carbons (Fsp3) is 0.455. The lowest BCUT2D eigenvalue weighted by Gasteiger charge is -2.04. The number of sulfone groups is 1. The Hall–Kier alpha value is -0.480. The van der Waals surface area contributed by atoms with Gasteiger partial charge in [-0.2, -0.15) is 0 Å². The summed E-state index contributed by atoms with van der Waals surface area (Å²) in [6, 6.07) is 7.08. The third-order valence-corrected chi connectivity index (χ3v) is 4.75. The van der Waals surface area contributed by atoms with E-state index in [0.717, 1.165) is 17.7 Å². The maximum absolute atomic E-state index is 11.8. The summed E-state index contributed by atoms with van der Waals surface area (Å²) in [6.45, 7) is 1.99. The van der Waals surface area contributed by atoms with Gasteiger partial charge in [0.05, 0.1) is 10.6 Å². The molecule has 84 valence electrons. The first-order valence-corrected chi connectivity index (χ1v) is 7.84. The van der Waals surface area contributed by atoms with Gasteiger partial charge < -0.3 is 0 Å². The number of rotatable bonds is 5. The zero-order valence-electron chi connectivity index (χ0n) is 9.06. The Morgan fingerprint density at radius 2 is 1.80 bits per heavy atom. The molecule has 1 aromatic rings. The van der Waals surface area contributed by atoms with Crippen molar-refractivity contribution in [2.24, 2.45) is 0 Å². The van der Waals surface area contributed by atoms with Crippen molar-refractivity contribution in [2.45, 2.75) is 29.6 Å². The van der Waals surface area contributed by atoms with Gasteiger partial charge in [0.1, 0.15) is 0 Å². The molecule has 0 N–H and O–H groups in total. The predicted octanol–water partition coefficient (Wildman–Crippen LogP) is 2.98. The van der Waals surface area contributed by atoms with Crippen LogP contribution in [0.1, 0.15) is 19.8 Å². The monoisotopic (exact) mass is 244 g/mol. The molecule has 0 radical (unpaired) electrons. The van der Waals surface area contributed by atoms with Gasteiger partial charge in [-0.05, 0) is 36.9 Å². The lowest BCUT2D eigenvalue weighted by Crippen LogP contribution is -2.06. The molecular weight excluding hydrogens is 228 g/mol. The molecule has 0 heterocycles. The molecule has 1 aromatic carbocycles. The van der Waals surface area contributed by atoms with Crippen molar-refractivity contribution in [1.29, 1.82) is 0 Å². The zero-order chi connectivity index (χ0) is 11.3. The van der Waals surface area contributed by atoms with Crippen LogP contribution in [0.15, 0.2) is 34.1 Å². The first-order valence-electron chi connectivity index (χ1n) is 4.97. The second kappa shape index (κ2) is 5.56. The number of hydrogen-bond acceptors (Lipinski definition) is 3. The zero-order valence-corrected chi connectivity index (χ0v) is 10.7. The molecule has 0 aromatic heterocycles. The molecule has 0 aliphatic heterocycles. The van der Waals surface area contributed by atoms with E-state index >= 15 is 0 Å². The third kappa shape index (κ3) is 3.54. The van der Waals surface area contributed by atoms with Crippen LogP contribution in [0.2, 0.25) is 0 Å². The molecule has 0 saturated heterocycles. The molecule has 0 unspecified atom stereocenters. The van der Waals surface area contributed by atoms with E-state index in [-0.39, 0.29) is 5.75 Å². The van der Waals surface area contributed by atoms with Gasteiger partial charge in [-0.1, -0.05) is 13.3 Å². The Bertz CT molecular complexity index is 393. The van der Waals surface area contributed by atoms with Crippen molar-refractivity contribution in [2.75, 3.05) is 12.0 Å². The first kappa shape index (κ1) is 12.6. The molecule has 15 heavy (non-hydrogen) atoms. The summed E-state index contributed by atoms with van der Waals surface area (Å²) in [5.41, 5.74) is 0. The molecule has 0 spiro atoms. The summed E-state index contributed by atoms with van der Waals surface area (Å²) >= 11 is 1.61. The lowest BCUT2D eigenvalue weighted by molar-refractivity contribution is 0.592. The van der Waals surface area contributed by atoms with Crippen LogP contribution in [0, 0.1) is 0 Å². The summed E-state index contributed by atoms with van der Waals surface area (Å²) in [4.78, 5) is 1.53. The third-order valence-electron chi connectivity index (χ3n) is 2.19. The van der Waals surface area contributed by atoms with Crippen molar-refractivity contribution in [3.05, 3.63) is 24.3 Å². The van der Waals surface area contributed by atoms with Gasteiger partial charge in [0, 0.05) is 4.90 Å². The highest BCUT2D eigenvalue weighted by Crippen LogP contribution is 2.18. The number of unbranched alkanes of at least 4 members (excludes halogenated alkanes) is 1. The topological polar surface area (TPSA) is 34.1 Å². The highest BCUT2D eigenvalue weighted by atomic mass is 32.2. The lowest BCUT2D eigenvalue weighted by atomic mass is 10.4. The molecule has 0 atom stereocenters. The van der Waals surface area contributed by atoms with Crippen molar-refractivity contribution >= 4 is 21.6 Å². The van der Waals surface area contributed by atoms with Crippen LogP contribution >= 0.6 is 11.8 Å². The Morgan fingerprint density at radius 3 is 2.27 bits per heavy atom. The second-order valence-electron chi connectivity index (χ2n) is 3.35. The Morgan fingerprint density at radius 1 is 1.20 bits per heavy atom. The number of hydrogen-bond donors (Lipinski definition) is 0. The van der Waals surface area contributed by atoms with E-state index in [9.17, 15) is 8.42 Å². The Labute approximate surface area is 96.0 Å². The second-order valence-corrected chi connectivity index (χ2v) is 6.34. The summed E-state index contributed by atoms with van der Waals surface area (Å²) in [5, 5.41) is 0. The highest BCUT2D eigenvalue weighted by Gasteiger charge is 2.12. The van der Waals surface area contributed by atoms with Crippen LogP contribution in [0.25, 0.3) is 0 Å². The average molecular weight is 244 g/mol. The van der Waals surface area contributed by atoms with E-state index in [2.05, 4.69) is 0 Å². The fourth-order valence-electron chi connectivity index (χ4n) is 1.24. The average Bonchev–Trinajstić information content (AvgIpc) is 2.26. The van der Waals surface area contributed by atoms with E-state index in [1.54, 1.807) is 23.9 Å². The van der Waals surface area contributed by atoms with Crippen LogP contribution in [0.4, 0.5) is 0 Å². The Balaban J connectivity index is 2.86. The summed E-state index contributed by atoms with van der Waals surface area (Å²) in [7, 11) is -3.06. The normalized spacial score (nSPS) is 11.6. The minimum atomic E-state index is -3.06. The number of thioether (sulfide) groups is 1. The smallest absolute Gasteiger partial charge is 0.178 e. The molecule has 0 aliphatic rings. The van der Waals surface area contributed by atoms with Gasteiger partial charge in [-0.15, -0.1) is 11.8 Å². The summed E-state index contributed by atoms with van der Waals surface area (Å²) in [6.07, 6.45) is 3.61. The van der Waals surface area contributed by atoms with Crippen LogP contribution in [-0.2, 0) is 9.84 Å². The highest BCUT2D eigenvalue weighted by molar-refractivity contribution is 7.98. The molecule has 1 rings (SSSR count). The minimum absolute atomic E-state index is 0.252. The van der Waals surface area contributed by atoms with Gasteiger partial charge in [0.25, 0.3) is 0 Å². The van der Waals surface area contributed by atoms with E-state index in [0.29, 0.717) is 4.90 Å². The van der Waals surface area contributed by atoms with Gasteiger partial charge in [0.2, 0.25) is 0 Å². The van der Waals surface area contributed by atoms with Crippen LogP contribution in [0.3, 0.4) is 0 Å². The molecule has 4 heteroatoms. The van der Waals surface area contributed by atoms with Gasteiger partial charge in [-0.3, -0.25) is 0 Å². The van der Waals surface area contributed by atoms with Crippen molar-refractivity contribution in [1.82, 2.24) is 0 Å². The quantitative estimate of drug-likeness (QED) is 0.747. The maximum atomic E-state index is 11.8. The van der Waals surface area contributed by atoms with Crippen LogP contribution < -0.4 is 0 Å². The SMILES string of the molecule is CCCCS(=O)(=O)c1ccc(SC)cc1. The van der Waals surface area contributed by atoms with Crippen LogP contribution in [-0.4, -0.2) is 20.4 Å². The van der Waals surface area contributed by atoms with Gasteiger partial charge in [0.15, 0.2) is 9.84 Å². The fourth-order valence-corrected chi connectivity index (χ4v) is 3.10. The van der Waals surface area contributed by atoms with E-state index < -0.39 is 9.84 Å². The molecule has 2 nitrogen and oxygen atoms in total. The molecule has 0 bridgehead atoms. The van der Waals surface area contributed by atoms with Crippen LogP contribution in [0.5, 0.6) is 0 Å². The molecule has 0 saturated carbocycles. The molecule has 0 fully saturated rings. The van der Waals surface area contributed by atoms with E-state index in [4.69, 9.17) is 0 Å². The number of benzene rings is 1. The first-order chi connectivity index (χ1) is 7.10. The molecule has 0 aliphatic carbocycles. The van der Waals surface area contributed by atoms with Crippen molar-refractivity contribution in [3.8, 4) is 0 Å². The Kier molecular flexibility index (Phi) is 4.67. The van der Waals surface area contributed by atoms with E-state index in [1.165, 1.54) is 0 Å². The van der Waals surface area contributed by atoms with Gasteiger partial charge in [-0.25, -0.2) is 8.42 Å². The minimum Gasteiger partial charge on any atom is -0.224 e. The molecular formula is C11H16O2S2.